The first-order chi connectivity index (χ1) is 7.85. The normalized spacial score (nSPS) is 18.8. The molecular weight excluding hydrogens is 198 g/mol. The minimum Gasteiger partial charge on any atom is -0.320 e. The fraction of sp³-hybridized carbons (Fsp3) is 0.692. The average molecular weight is 219 g/mol. The fourth-order valence-corrected chi connectivity index (χ4v) is 2.88. The van der Waals surface area contributed by atoms with Gasteiger partial charge in [-0.05, 0) is 50.3 Å². The molecule has 88 valence electrons. The van der Waals surface area contributed by atoms with Gasteiger partial charge in [0.15, 0.2) is 0 Å². The summed E-state index contributed by atoms with van der Waals surface area (Å²) in [5.41, 5.74) is 1.80. The van der Waals surface area contributed by atoms with E-state index in [0.717, 1.165) is 13.0 Å². The maximum absolute atomic E-state index is 4.11. The number of rotatable bonds is 5. The van der Waals surface area contributed by atoms with E-state index in [1.165, 1.54) is 37.7 Å². The zero-order valence-electron chi connectivity index (χ0n) is 10.1. The van der Waals surface area contributed by atoms with Crippen LogP contribution in [0.4, 0.5) is 0 Å². The molecule has 1 aliphatic rings. The zero-order valence-corrected chi connectivity index (χ0v) is 10.1. The van der Waals surface area contributed by atoms with E-state index in [4.69, 9.17) is 0 Å². The number of hydrogen-bond donors (Lipinski definition) is 1. The van der Waals surface area contributed by atoms with Crippen LogP contribution in [0.15, 0.2) is 18.7 Å². The molecule has 1 fully saturated rings. The molecule has 3 heteroatoms. The van der Waals surface area contributed by atoms with Crippen molar-refractivity contribution >= 4 is 0 Å². The topological polar surface area (TPSA) is 37.8 Å². The predicted molar refractivity (Wildman–Crippen MR) is 65.2 cm³/mol. The third-order valence-corrected chi connectivity index (χ3v) is 3.76. The smallest absolute Gasteiger partial charge is 0.115 e. The highest BCUT2D eigenvalue weighted by molar-refractivity contribution is 5.07. The van der Waals surface area contributed by atoms with E-state index in [1.807, 2.05) is 19.4 Å². The standard InChI is InChI=1S/C13H21N3/c1-14-7-6-13(4-2-3-5-13)8-12-9-15-11-16-10-12/h9-11,14H,2-8H2,1H3. The van der Waals surface area contributed by atoms with Crippen LogP contribution >= 0.6 is 0 Å². The Morgan fingerprint density at radius 1 is 1.25 bits per heavy atom. The van der Waals surface area contributed by atoms with Gasteiger partial charge in [-0.2, -0.15) is 0 Å². The second kappa shape index (κ2) is 5.39. The number of hydrogen-bond acceptors (Lipinski definition) is 3. The van der Waals surface area contributed by atoms with Crippen molar-refractivity contribution in [2.45, 2.75) is 38.5 Å². The van der Waals surface area contributed by atoms with Crippen molar-refractivity contribution in [1.82, 2.24) is 15.3 Å². The summed E-state index contributed by atoms with van der Waals surface area (Å²) in [6.07, 6.45) is 13.5. The summed E-state index contributed by atoms with van der Waals surface area (Å²) in [4.78, 5) is 8.22. The van der Waals surface area contributed by atoms with Crippen molar-refractivity contribution < 1.29 is 0 Å². The molecule has 0 radical (unpaired) electrons. The van der Waals surface area contributed by atoms with E-state index in [-0.39, 0.29) is 0 Å². The van der Waals surface area contributed by atoms with Crippen molar-refractivity contribution in [3.05, 3.63) is 24.3 Å². The summed E-state index contributed by atoms with van der Waals surface area (Å²) in [5, 5.41) is 3.27. The Morgan fingerprint density at radius 2 is 1.94 bits per heavy atom. The van der Waals surface area contributed by atoms with Gasteiger partial charge >= 0.3 is 0 Å². The quantitative estimate of drug-likeness (QED) is 0.825. The molecule has 1 N–H and O–H groups in total. The van der Waals surface area contributed by atoms with Crippen molar-refractivity contribution in [2.75, 3.05) is 13.6 Å². The second-order valence-corrected chi connectivity index (χ2v) is 4.98. The number of aromatic nitrogens is 2. The van der Waals surface area contributed by atoms with Crippen LogP contribution in [0.2, 0.25) is 0 Å². The molecule has 1 aromatic heterocycles. The van der Waals surface area contributed by atoms with Crippen LogP contribution in [0.5, 0.6) is 0 Å². The van der Waals surface area contributed by atoms with E-state index >= 15 is 0 Å². The first kappa shape index (κ1) is 11.5. The van der Waals surface area contributed by atoms with E-state index < -0.39 is 0 Å². The number of nitrogens with zero attached hydrogens (tertiary/aromatic N) is 2. The summed E-state index contributed by atoms with van der Waals surface area (Å²) >= 11 is 0. The van der Waals surface area contributed by atoms with Crippen LogP contribution in [0.25, 0.3) is 0 Å². The van der Waals surface area contributed by atoms with Crippen molar-refractivity contribution in [1.29, 1.82) is 0 Å². The Labute approximate surface area is 97.7 Å². The molecule has 2 rings (SSSR count). The lowest BCUT2D eigenvalue weighted by molar-refractivity contribution is 0.267. The second-order valence-electron chi connectivity index (χ2n) is 4.98. The van der Waals surface area contributed by atoms with Gasteiger partial charge in [-0.15, -0.1) is 0 Å². The fourth-order valence-electron chi connectivity index (χ4n) is 2.88. The Kier molecular flexibility index (Phi) is 3.88. The predicted octanol–water partition coefficient (Wildman–Crippen LogP) is 2.19. The summed E-state index contributed by atoms with van der Waals surface area (Å²) < 4.78 is 0. The summed E-state index contributed by atoms with van der Waals surface area (Å²) in [6, 6.07) is 0. The van der Waals surface area contributed by atoms with Gasteiger partial charge < -0.3 is 5.32 Å². The van der Waals surface area contributed by atoms with Gasteiger partial charge in [-0.25, -0.2) is 9.97 Å². The lowest BCUT2D eigenvalue weighted by atomic mass is 9.78. The van der Waals surface area contributed by atoms with Crippen LogP contribution in [0, 0.1) is 5.41 Å². The van der Waals surface area contributed by atoms with Crippen LogP contribution in [0.3, 0.4) is 0 Å². The minimum absolute atomic E-state index is 0.508. The Bertz CT molecular complexity index is 304. The van der Waals surface area contributed by atoms with Gasteiger partial charge in [0.05, 0.1) is 0 Å². The molecule has 0 aromatic carbocycles. The van der Waals surface area contributed by atoms with E-state index in [0.29, 0.717) is 5.41 Å². The molecule has 1 heterocycles. The maximum atomic E-state index is 4.11. The summed E-state index contributed by atoms with van der Waals surface area (Å²) in [5.74, 6) is 0. The lowest BCUT2D eigenvalue weighted by Gasteiger charge is -2.28. The largest absolute Gasteiger partial charge is 0.320 e. The summed E-state index contributed by atoms with van der Waals surface area (Å²) in [7, 11) is 2.04. The van der Waals surface area contributed by atoms with E-state index in [2.05, 4.69) is 15.3 Å². The molecular formula is C13H21N3. The molecule has 1 aromatic rings. The monoisotopic (exact) mass is 219 g/mol. The first-order valence-electron chi connectivity index (χ1n) is 6.23. The average Bonchev–Trinajstić information content (AvgIpc) is 2.77. The van der Waals surface area contributed by atoms with Gasteiger partial charge in [0, 0.05) is 12.4 Å². The van der Waals surface area contributed by atoms with Gasteiger partial charge in [0.25, 0.3) is 0 Å². The lowest BCUT2D eigenvalue weighted by Crippen LogP contribution is -2.25. The molecule has 0 amide bonds. The van der Waals surface area contributed by atoms with E-state index in [9.17, 15) is 0 Å². The molecule has 0 bridgehead atoms. The van der Waals surface area contributed by atoms with Crippen molar-refractivity contribution in [3.63, 3.8) is 0 Å². The molecule has 0 saturated heterocycles. The van der Waals surface area contributed by atoms with Crippen LogP contribution in [0.1, 0.15) is 37.7 Å². The highest BCUT2D eigenvalue weighted by Crippen LogP contribution is 2.43. The third kappa shape index (κ3) is 2.79. The zero-order chi connectivity index (χ0) is 11.3. The van der Waals surface area contributed by atoms with Gasteiger partial charge in [-0.1, -0.05) is 12.8 Å². The molecule has 0 spiro atoms. The van der Waals surface area contributed by atoms with Crippen LogP contribution in [-0.2, 0) is 6.42 Å². The first-order valence-corrected chi connectivity index (χ1v) is 6.23. The van der Waals surface area contributed by atoms with Gasteiger partial charge in [-0.3, -0.25) is 0 Å². The summed E-state index contributed by atoms with van der Waals surface area (Å²) in [6.45, 7) is 1.12. The molecule has 0 unspecified atom stereocenters. The molecule has 1 aliphatic carbocycles. The minimum atomic E-state index is 0.508. The van der Waals surface area contributed by atoms with E-state index in [1.54, 1.807) is 6.33 Å². The van der Waals surface area contributed by atoms with Gasteiger partial charge in [0.1, 0.15) is 6.33 Å². The Balaban J connectivity index is 2.02. The molecule has 3 nitrogen and oxygen atoms in total. The number of nitrogens with one attached hydrogen (secondary N) is 1. The molecule has 16 heavy (non-hydrogen) atoms. The Hall–Kier alpha value is -0.960. The van der Waals surface area contributed by atoms with Crippen LogP contribution in [-0.4, -0.2) is 23.6 Å². The SMILES string of the molecule is CNCCC1(Cc2cncnc2)CCCC1. The van der Waals surface area contributed by atoms with Crippen molar-refractivity contribution in [3.8, 4) is 0 Å². The van der Waals surface area contributed by atoms with Gasteiger partial charge in [0.2, 0.25) is 0 Å². The molecule has 0 aliphatic heterocycles. The van der Waals surface area contributed by atoms with Crippen molar-refractivity contribution in [2.24, 2.45) is 5.41 Å². The molecule has 1 saturated carbocycles. The highest BCUT2D eigenvalue weighted by atomic mass is 14.8. The third-order valence-electron chi connectivity index (χ3n) is 3.76. The highest BCUT2D eigenvalue weighted by Gasteiger charge is 2.33. The Morgan fingerprint density at radius 3 is 2.56 bits per heavy atom. The maximum Gasteiger partial charge on any atom is 0.115 e. The molecule has 0 atom stereocenters. The van der Waals surface area contributed by atoms with Crippen LogP contribution < -0.4 is 5.32 Å².